The molecule has 0 heterocycles. The highest BCUT2D eigenvalue weighted by atomic mass is 16.2. The Labute approximate surface area is 123 Å². The van der Waals surface area contributed by atoms with E-state index in [1.54, 1.807) is 0 Å². The van der Waals surface area contributed by atoms with E-state index >= 15 is 0 Å². The zero-order chi connectivity index (χ0) is 15.7. The van der Waals surface area contributed by atoms with E-state index in [1.807, 2.05) is 25.7 Å². The number of nitrogens with two attached hydrogens (primary N) is 1. The molecule has 0 radical (unpaired) electrons. The van der Waals surface area contributed by atoms with Crippen molar-refractivity contribution in [1.82, 2.24) is 10.2 Å². The summed E-state index contributed by atoms with van der Waals surface area (Å²) in [6.45, 7) is 10.8. The molecule has 0 aromatic rings. The first-order valence-corrected chi connectivity index (χ1v) is 7.67. The summed E-state index contributed by atoms with van der Waals surface area (Å²) in [5.41, 5.74) is 5.75. The second kappa shape index (κ2) is 9.75. The molecule has 3 N–H and O–H groups in total. The number of nitrogens with one attached hydrogen (secondary N) is 1. The molecule has 118 valence electrons. The van der Waals surface area contributed by atoms with E-state index in [4.69, 9.17) is 5.73 Å². The molecule has 0 aliphatic heterocycles. The third-order valence-electron chi connectivity index (χ3n) is 3.63. The summed E-state index contributed by atoms with van der Waals surface area (Å²) < 4.78 is 0. The molecule has 5 nitrogen and oxygen atoms in total. The Morgan fingerprint density at radius 1 is 1.20 bits per heavy atom. The van der Waals surface area contributed by atoms with Crippen molar-refractivity contribution in [3.63, 3.8) is 0 Å². The molecule has 1 unspecified atom stereocenters. The number of carbonyl (C=O) groups is 2. The Morgan fingerprint density at radius 3 is 2.25 bits per heavy atom. The average molecular weight is 285 g/mol. The molecule has 0 aromatic heterocycles. The highest BCUT2D eigenvalue weighted by Gasteiger charge is 2.21. The normalized spacial score (nSPS) is 13.9. The number of hydrogen-bond donors (Lipinski definition) is 2. The number of nitrogens with zero attached hydrogens (tertiary/aromatic N) is 1. The van der Waals surface area contributed by atoms with Crippen molar-refractivity contribution in [3.05, 3.63) is 0 Å². The number of hydrogen-bond acceptors (Lipinski definition) is 3. The van der Waals surface area contributed by atoms with Gasteiger partial charge in [0, 0.05) is 12.6 Å². The molecule has 0 saturated heterocycles. The Kier molecular flexibility index (Phi) is 9.21. The lowest BCUT2D eigenvalue weighted by atomic mass is 10.1. The van der Waals surface area contributed by atoms with Gasteiger partial charge < -0.3 is 16.0 Å². The van der Waals surface area contributed by atoms with Gasteiger partial charge in [-0.25, -0.2) is 0 Å². The molecule has 2 amide bonds. The molecule has 5 heteroatoms. The van der Waals surface area contributed by atoms with Crippen LogP contribution in [-0.4, -0.2) is 41.9 Å². The molecule has 0 aliphatic rings. The van der Waals surface area contributed by atoms with Crippen LogP contribution in [0.15, 0.2) is 0 Å². The van der Waals surface area contributed by atoms with Crippen LogP contribution in [0.2, 0.25) is 0 Å². The van der Waals surface area contributed by atoms with E-state index in [0.717, 1.165) is 25.8 Å². The smallest absolute Gasteiger partial charge is 0.242 e. The molecule has 20 heavy (non-hydrogen) atoms. The molecule has 0 fully saturated rings. The fraction of sp³-hybridized carbons (Fsp3) is 0.867. The first-order valence-electron chi connectivity index (χ1n) is 7.67. The van der Waals surface area contributed by atoms with E-state index < -0.39 is 6.04 Å². The van der Waals surface area contributed by atoms with Gasteiger partial charge in [-0.3, -0.25) is 9.59 Å². The number of carbonyl (C=O) groups excluding carboxylic acids is 2. The van der Waals surface area contributed by atoms with Gasteiger partial charge in [-0.2, -0.15) is 0 Å². The molecule has 2 atom stereocenters. The number of rotatable bonds is 9. The maximum absolute atomic E-state index is 12.2. The van der Waals surface area contributed by atoms with E-state index in [0.29, 0.717) is 0 Å². The molecule has 0 aromatic carbocycles. The van der Waals surface area contributed by atoms with Gasteiger partial charge in [-0.05, 0) is 25.7 Å². The van der Waals surface area contributed by atoms with Crippen LogP contribution in [0, 0.1) is 5.92 Å². The SMILES string of the molecule is CCCCN(C(=O)CNC(=O)[C@@H](N)C(C)C)C(C)CC. The molecule has 0 rings (SSSR count). The van der Waals surface area contributed by atoms with Crippen LogP contribution in [0.25, 0.3) is 0 Å². The monoisotopic (exact) mass is 285 g/mol. The Balaban J connectivity index is 4.42. The molecular formula is C15H31N3O2. The summed E-state index contributed by atoms with van der Waals surface area (Å²) in [5, 5.41) is 2.64. The largest absolute Gasteiger partial charge is 0.346 e. The highest BCUT2D eigenvalue weighted by Crippen LogP contribution is 2.06. The van der Waals surface area contributed by atoms with Gasteiger partial charge in [0.1, 0.15) is 0 Å². The van der Waals surface area contributed by atoms with Gasteiger partial charge >= 0.3 is 0 Å². The van der Waals surface area contributed by atoms with Crippen LogP contribution in [0.4, 0.5) is 0 Å². The Hall–Kier alpha value is -1.10. The fourth-order valence-corrected chi connectivity index (χ4v) is 1.82. The van der Waals surface area contributed by atoms with E-state index in [-0.39, 0.29) is 30.3 Å². The van der Waals surface area contributed by atoms with Crippen molar-refractivity contribution in [2.24, 2.45) is 11.7 Å². The van der Waals surface area contributed by atoms with Gasteiger partial charge in [0.25, 0.3) is 0 Å². The van der Waals surface area contributed by atoms with Gasteiger partial charge in [-0.1, -0.05) is 34.1 Å². The fourth-order valence-electron chi connectivity index (χ4n) is 1.82. The van der Waals surface area contributed by atoms with E-state index in [2.05, 4.69) is 19.2 Å². The second-order valence-electron chi connectivity index (χ2n) is 5.69. The topological polar surface area (TPSA) is 75.4 Å². The van der Waals surface area contributed by atoms with Crippen LogP contribution >= 0.6 is 0 Å². The van der Waals surface area contributed by atoms with Crippen molar-refractivity contribution < 1.29 is 9.59 Å². The number of unbranched alkanes of at least 4 members (excludes halogenated alkanes) is 1. The average Bonchev–Trinajstić information content (AvgIpc) is 2.43. The zero-order valence-electron chi connectivity index (χ0n) is 13.6. The quantitative estimate of drug-likeness (QED) is 0.674. The summed E-state index contributed by atoms with van der Waals surface area (Å²) in [6.07, 6.45) is 2.94. The minimum absolute atomic E-state index is 0.0305. The van der Waals surface area contributed by atoms with Gasteiger partial charge in [0.2, 0.25) is 11.8 Å². The van der Waals surface area contributed by atoms with Crippen molar-refractivity contribution in [3.8, 4) is 0 Å². The standard InChI is InChI=1S/C15H31N3O2/c1-6-8-9-18(12(5)7-2)13(19)10-17-15(20)14(16)11(3)4/h11-12,14H,6-10,16H2,1-5H3,(H,17,20)/t12?,14-/m0/s1. The van der Waals surface area contributed by atoms with Gasteiger partial charge in [0.15, 0.2) is 0 Å². The zero-order valence-corrected chi connectivity index (χ0v) is 13.6. The first kappa shape index (κ1) is 18.9. The lowest BCUT2D eigenvalue weighted by molar-refractivity contribution is -0.135. The second-order valence-corrected chi connectivity index (χ2v) is 5.69. The Bertz CT molecular complexity index is 305. The summed E-state index contributed by atoms with van der Waals surface area (Å²) in [6, 6.07) is -0.361. The van der Waals surface area contributed by atoms with Crippen molar-refractivity contribution in [2.45, 2.75) is 66.0 Å². The molecule has 0 spiro atoms. The van der Waals surface area contributed by atoms with Gasteiger partial charge in [-0.15, -0.1) is 0 Å². The highest BCUT2D eigenvalue weighted by molar-refractivity contribution is 5.87. The molecule has 0 bridgehead atoms. The van der Waals surface area contributed by atoms with Crippen LogP contribution in [0.3, 0.4) is 0 Å². The maximum Gasteiger partial charge on any atom is 0.242 e. The maximum atomic E-state index is 12.2. The summed E-state index contributed by atoms with van der Waals surface area (Å²) >= 11 is 0. The third-order valence-corrected chi connectivity index (χ3v) is 3.63. The lowest BCUT2D eigenvalue weighted by Crippen LogP contribution is -2.49. The minimum Gasteiger partial charge on any atom is -0.346 e. The molecule has 0 aliphatic carbocycles. The van der Waals surface area contributed by atoms with Crippen molar-refractivity contribution >= 4 is 11.8 Å². The minimum atomic E-state index is -0.560. The predicted octanol–water partition coefficient (Wildman–Crippen LogP) is 1.51. The third kappa shape index (κ3) is 6.37. The predicted molar refractivity (Wildman–Crippen MR) is 82.2 cm³/mol. The van der Waals surface area contributed by atoms with Crippen LogP contribution < -0.4 is 11.1 Å². The first-order chi connectivity index (χ1) is 9.34. The van der Waals surface area contributed by atoms with E-state index in [1.165, 1.54) is 0 Å². The van der Waals surface area contributed by atoms with Crippen LogP contribution in [0.1, 0.15) is 53.9 Å². The summed E-state index contributed by atoms with van der Waals surface area (Å²) in [7, 11) is 0. The van der Waals surface area contributed by atoms with Crippen molar-refractivity contribution in [1.29, 1.82) is 0 Å². The van der Waals surface area contributed by atoms with Crippen LogP contribution in [0.5, 0.6) is 0 Å². The molecule has 0 saturated carbocycles. The Morgan fingerprint density at radius 2 is 1.80 bits per heavy atom. The van der Waals surface area contributed by atoms with Crippen LogP contribution in [-0.2, 0) is 9.59 Å². The lowest BCUT2D eigenvalue weighted by Gasteiger charge is -2.29. The molecular weight excluding hydrogens is 254 g/mol. The summed E-state index contributed by atoms with van der Waals surface area (Å²) in [5.74, 6) is -0.221. The van der Waals surface area contributed by atoms with E-state index in [9.17, 15) is 9.59 Å². The number of amides is 2. The van der Waals surface area contributed by atoms with Gasteiger partial charge in [0.05, 0.1) is 12.6 Å². The van der Waals surface area contributed by atoms with Crippen molar-refractivity contribution in [2.75, 3.05) is 13.1 Å². The summed E-state index contributed by atoms with van der Waals surface area (Å²) in [4.78, 5) is 25.8.